The van der Waals surface area contributed by atoms with Crippen LogP contribution < -0.4 is 4.74 Å². The monoisotopic (exact) mass is 231 g/mol. The Morgan fingerprint density at radius 1 is 1.35 bits per heavy atom. The lowest BCUT2D eigenvalue weighted by molar-refractivity contribution is 0.101. The van der Waals surface area contributed by atoms with Crippen LogP contribution >= 0.6 is 0 Å². The number of hydrogen-bond donors (Lipinski definition) is 1. The summed E-state index contributed by atoms with van der Waals surface area (Å²) in [6, 6.07) is 5.69. The number of para-hydroxylation sites is 1. The summed E-state index contributed by atoms with van der Waals surface area (Å²) in [4.78, 5) is 11.4. The normalized spacial score (nSPS) is 10.3. The summed E-state index contributed by atoms with van der Waals surface area (Å²) in [5, 5.41) is 10.3. The molecule has 1 N–H and O–H groups in total. The lowest BCUT2D eigenvalue weighted by Crippen LogP contribution is -1.98. The summed E-state index contributed by atoms with van der Waals surface area (Å²) in [5.74, 6) is 0.584. The van der Waals surface area contributed by atoms with Crippen molar-refractivity contribution in [3.05, 3.63) is 29.5 Å². The molecule has 0 spiro atoms. The van der Waals surface area contributed by atoms with E-state index in [2.05, 4.69) is 15.4 Å². The molecule has 1 aromatic heterocycles. The van der Waals surface area contributed by atoms with Crippen molar-refractivity contribution in [3.63, 3.8) is 0 Å². The number of Topliss-reactive ketones (excluding diaryl/α,β-unsaturated/α-hetero) is 1. The maximum atomic E-state index is 11.4. The molecule has 5 nitrogen and oxygen atoms in total. The van der Waals surface area contributed by atoms with Crippen molar-refractivity contribution in [2.45, 2.75) is 13.8 Å². The number of rotatable bonds is 3. The van der Waals surface area contributed by atoms with Crippen molar-refractivity contribution in [1.29, 1.82) is 0 Å². The van der Waals surface area contributed by atoms with E-state index in [4.69, 9.17) is 4.74 Å². The number of ketones is 1. The maximum Gasteiger partial charge on any atom is 0.182 e. The molecule has 0 bridgehead atoms. The molecule has 0 aliphatic rings. The largest absolute Gasteiger partial charge is 0.496 e. The van der Waals surface area contributed by atoms with Gasteiger partial charge in [0.05, 0.1) is 7.11 Å². The number of aryl methyl sites for hydroxylation is 1. The highest BCUT2D eigenvalue weighted by Crippen LogP contribution is 2.32. The van der Waals surface area contributed by atoms with E-state index < -0.39 is 0 Å². The van der Waals surface area contributed by atoms with Crippen molar-refractivity contribution in [3.8, 4) is 17.0 Å². The third-order valence-electron chi connectivity index (χ3n) is 2.55. The van der Waals surface area contributed by atoms with Gasteiger partial charge in [0.15, 0.2) is 11.5 Å². The van der Waals surface area contributed by atoms with E-state index in [-0.39, 0.29) is 5.78 Å². The van der Waals surface area contributed by atoms with Crippen LogP contribution in [0.3, 0.4) is 0 Å². The second-order valence-corrected chi connectivity index (χ2v) is 3.73. The van der Waals surface area contributed by atoms with Crippen molar-refractivity contribution >= 4 is 5.78 Å². The molecule has 0 amide bonds. The van der Waals surface area contributed by atoms with Crippen molar-refractivity contribution in [1.82, 2.24) is 15.4 Å². The summed E-state index contributed by atoms with van der Waals surface area (Å²) in [6.07, 6.45) is 0. The first-order valence-corrected chi connectivity index (χ1v) is 5.20. The molecule has 1 aromatic carbocycles. The fourth-order valence-electron chi connectivity index (χ4n) is 1.77. The third-order valence-corrected chi connectivity index (χ3v) is 2.55. The number of carbonyl (C=O) groups excluding carboxylic acids is 1. The average Bonchev–Trinajstić information content (AvgIpc) is 2.77. The second-order valence-electron chi connectivity index (χ2n) is 3.73. The fourth-order valence-corrected chi connectivity index (χ4v) is 1.77. The van der Waals surface area contributed by atoms with Crippen LogP contribution in [-0.4, -0.2) is 28.3 Å². The standard InChI is InChI=1S/C12H13N3O2/c1-7-5-4-6-9(12(7)17-3)11-10(8(2)16)13-15-14-11/h4-6H,1-3H3,(H,13,14,15). The Hall–Kier alpha value is -2.17. The quantitative estimate of drug-likeness (QED) is 0.820. The molecule has 0 radical (unpaired) electrons. The van der Waals surface area contributed by atoms with Gasteiger partial charge in [-0.2, -0.15) is 15.4 Å². The molecule has 2 aromatic rings. The van der Waals surface area contributed by atoms with Gasteiger partial charge in [-0.15, -0.1) is 0 Å². The summed E-state index contributed by atoms with van der Waals surface area (Å²) >= 11 is 0. The number of nitrogens with zero attached hydrogens (tertiary/aromatic N) is 2. The number of ether oxygens (including phenoxy) is 1. The number of H-pyrrole nitrogens is 1. The van der Waals surface area contributed by atoms with Crippen LogP contribution in [0, 0.1) is 6.92 Å². The number of nitrogens with one attached hydrogen (secondary N) is 1. The first kappa shape index (κ1) is 11.3. The fraction of sp³-hybridized carbons (Fsp3) is 0.250. The minimum atomic E-state index is -0.127. The number of benzene rings is 1. The Labute approximate surface area is 98.8 Å². The van der Waals surface area contributed by atoms with Crippen LogP contribution in [0.15, 0.2) is 18.2 Å². The lowest BCUT2D eigenvalue weighted by Gasteiger charge is -2.09. The Kier molecular flexibility index (Phi) is 2.91. The van der Waals surface area contributed by atoms with Gasteiger partial charge < -0.3 is 4.74 Å². The van der Waals surface area contributed by atoms with Crippen LogP contribution in [0.2, 0.25) is 0 Å². The highest BCUT2D eigenvalue weighted by molar-refractivity contribution is 5.98. The van der Waals surface area contributed by atoms with E-state index in [0.29, 0.717) is 17.1 Å². The smallest absolute Gasteiger partial charge is 0.182 e. The zero-order valence-corrected chi connectivity index (χ0v) is 9.94. The van der Waals surface area contributed by atoms with Crippen LogP contribution in [-0.2, 0) is 0 Å². The van der Waals surface area contributed by atoms with E-state index in [1.807, 2.05) is 25.1 Å². The Morgan fingerprint density at radius 3 is 2.76 bits per heavy atom. The van der Waals surface area contributed by atoms with Crippen molar-refractivity contribution in [2.75, 3.05) is 7.11 Å². The van der Waals surface area contributed by atoms with Crippen LogP contribution in [0.5, 0.6) is 5.75 Å². The minimum absolute atomic E-state index is 0.127. The molecule has 0 aliphatic carbocycles. The average molecular weight is 231 g/mol. The number of aromatic nitrogens is 3. The first-order chi connectivity index (χ1) is 8.15. The molecule has 0 fully saturated rings. The van der Waals surface area contributed by atoms with Crippen molar-refractivity contribution in [2.24, 2.45) is 0 Å². The summed E-state index contributed by atoms with van der Waals surface area (Å²) < 4.78 is 5.34. The predicted octanol–water partition coefficient (Wildman–Crippen LogP) is 1.99. The predicted molar refractivity (Wildman–Crippen MR) is 63.1 cm³/mol. The van der Waals surface area contributed by atoms with Gasteiger partial charge in [-0.3, -0.25) is 4.79 Å². The molecule has 88 valence electrons. The van der Waals surface area contributed by atoms with E-state index in [1.165, 1.54) is 6.92 Å². The summed E-state index contributed by atoms with van der Waals surface area (Å²) in [5.41, 5.74) is 2.61. The van der Waals surface area contributed by atoms with E-state index in [0.717, 1.165) is 11.1 Å². The lowest BCUT2D eigenvalue weighted by atomic mass is 10.0. The SMILES string of the molecule is COc1c(C)cccc1-c1n[nH]nc1C(C)=O. The zero-order chi connectivity index (χ0) is 12.4. The molecule has 0 atom stereocenters. The second kappa shape index (κ2) is 4.37. The van der Waals surface area contributed by atoms with Gasteiger partial charge in [0, 0.05) is 12.5 Å². The van der Waals surface area contributed by atoms with E-state index in [1.54, 1.807) is 7.11 Å². The number of aromatic amines is 1. The third kappa shape index (κ3) is 1.91. The number of hydrogen-bond acceptors (Lipinski definition) is 4. The maximum absolute atomic E-state index is 11.4. The van der Waals surface area contributed by atoms with Crippen LogP contribution in [0.1, 0.15) is 23.0 Å². The molecular formula is C12H13N3O2. The van der Waals surface area contributed by atoms with Crippen molar-refractivity contribution < 1.29 is 9.53 Å². The van der Waals surface area contributed by atoms with Crippen LogP contribution in [0.4, 0.5) is 0 Å². The molecule has 5 heteroatoms. The highest BCUT2D eigenvalue weighted by atomic mass is 16.5. The molecule has 0 unspecified atom stereocenters. The molecule has 2 rings (SSSR count). The van der Waals surface area contributed by atoms with Gasteiger partial charge in [0.1, 0.15) is 11.4 Å². The summed E-state index contributed by atoms with van der Waals surface area (Å²) in [6.45, 7) is 3.40. The van der Waals surface area contributed by atoms with E-state index in [9.17, 15) is 4.79 Å². The van der Waals surface area contributed by atoms with Gasteiger partial charge in [0.25, 0.3) is 0 Å². The van der Waals surface area contributed by atoms with E-state index >= 15 is 0 Å². The highest BCUT2D eigenvalue weighted by Gasteiger charge is 2.18. The molecular weight excluding hydrogens is 218 g/mol. The first-order valence-electron chi connectivity index (χ1n) is 5.20. The topological polar surface area (TPSA) is 67.9 Å². The Morgan fingerprint density at radius 2 is 2.12 bits per heavy atom. The summed E-state index contributed by atoms with van der Waals surface area (Å²) in [7, 11) is 1.60. The van der Waals surface area contributed by atoms with Gasteiger partial charge in [0.2, 0.25) is 0 Å². The van der Waals surface area contributed by atoms with Gasteiger partial charge in [-0.05, 0) is 18.6 Å². The van der Waals surface area contributed by atoms with Gasteiger partial charge >= 0.3 is 0 Å². The molecule has 0 saturated heterocycles. The molecule has 1 heterocycles. The zero-order valence-electron chi connectivity index (χ0n) is 9.94. The Balaban J connectivity index is 2.64. The minimum Gasteiger partial charge on any atom is -0.496 e. The van der Waals surface area contributed by atoms with Crippen LogP contribution in [0.25, 0.3) is 11.3 Å². The molecule has 0 aliphatic heterocycles. The van der Waals surface area contributed by atoms with Gasteiger partial charge in [-0.1, -0.05) is 12.1 Å². The number of methoxy groups -OCH3 is 1. The Bertz CT molecular complexity index is 561. The molecule has 0 saturated carbocycles. The number of carbonyl (C=O) groups is 1. The van der Waals surface area contributed by atoms with Gasteiger partial charge in [-0.25, -0.2) is 0 Å². The molecule has 17 heavy (non-hydrogen) atoms.